The minimum Gasteiger partial charge on any atom is -0.310 e. The molecule has 3 atom stereocenters. The van der Waals surface area contributed by atoms with E-state index in [0.29, 0.717) is 27.7 Å². The fourth-order valence-corrected chi connectivity index (χ4v) is 4.88. The number of amides is 1. The minimum atomic E-state index is -2.50. The van der Waals surface area contributed by atoms with E-state index in [1.807, 2.05) is 13.8 Å². The second-order valence-corrected chi connectivity index (χ2v) is 9.20. The molecule has 0 spiro atoms. The van der Waals surface area contributed by atoms with Crippen LogP contribution in [0.2, 0.25) is 5.02 Å². The van der Waals surface area contributed by atoms with Crippen LogP contribution in [-0.4, -0.2) is 32.1 Å². The Kier molecular flexibility index (Phi) is 5.96. The number of nitrogens with one attached hydrogen (secondary N) is 1. The van der Waals surface area contributed by atoms with Gasteiger partial charge in [-0.3, -0.25) is 14.5 Å². The van der Waals surface area contributed by atoms with Crippen LogP contribution in [0.1, 0.15) is 24.0 Å². The highest BCUT2D eigenvalue weighted by molar-refractivity contribution is 6.36. The maximum absolute atomic E-state index is 15.0. The van der Waals surface area contributed by atoms with Crippen LogP contribution >= 0.6 is 11.6 Å². The summed E-state index contributed by atoms with van der Waals surface area (Å²) in [5.74, 6) is -0.885. The first kappa shape index (κ1) is 23.3. The molecule has 0 bridgehead atoms. The van der Waals surface area contributed by atoms with Gasteiger partial charge < -0.3 is 5.32 Å². The second-order valence-electron chi connectivity index (χ2n) is 8.82. The van der Waals surface area contributed by atoms with Crippen molar-refractivity contribution in [2.75, 3.05) is 5.32 Å². The van der Waals surface area contributed by atoms with Crippen LogP contribution in [-0.2, 0) is 11.3 Å². The topological polar surface area (TPSA) is 72.7 Å². The van der Waals surface area contributed by atoms with Crippen molar-refractivity contribution in [3.63, 3.8) is 0 Å². The van der Waals surface area contributed by atoms with Gasteiger partial charge in [0.1, 0.15) is 18.2 Å². The van der Waals surface area contributed by atoms with Crippen LogP contribution in [0, 0.1) is 24.6 Å². The summed E-state index contributed by atoms with van der Waals surface area (Å²) in [4.78, 5) is 21.3. The van der Waals surface area contributed by atoms with Crippen LogP contribution in [0.25, 0.3) is 21.9 Å². The van der Waals surface area contributed by atoms with E-state index in [2.05, 4.69) is 20.4 Å². The molecule has 1 aromatic carbocycles. The zero-order valence-electron chi connectivity index (χ0n) is 18.8. The summed E-state index contributed by atoms with van der Waals surface area (Å²) in [6.07, 6.45) is 5.24. The number of halogens is 4. The van der Waals surface area contributed by atoms with Crippen LogP contribution in [0.5, 0.6) is 0 Å². The molecular formula is C25H21ClF3N5O. The van der Waals surface area contributed by atoms with E-state index in [9.17, 15) is 13.6 Å². The number of nitrogens with zero attached hydrogens (tertiary/aromatic N) is 4. The van der Waals surface area contributed by atoms with Crippen LogP contribution in [0.3, 0.4) is 0 Å². The maximum Gasteiger partial charge on any atom is 0.257 e. The number of aromatic nitrogens is 4. The second kappa shape index (κ2) is 8.96. The van der Waals surface area contributed by atoms with Gasteiger partial charge in [-0.25, -0.2) is 18.2 Å². The van der Waals surface area contributed by atoms with Crippen molar-refractivity contribution in [1.82, 2.24) is 19.7 Å². The Labute approximate surface area is 204 Å². The summed E-state index contributed by atoms with van der Waals surface area (Å²) in [7, 11) is 0. The summed E-state index contributed by atoms with van der Waals surface area (Å²) in [5.41, 5.74) is 2.54. The fraction of sp³-hybridized carbons (Fsp3) is 0.280. The summed E-state index contributed by atoms with van der Waals surface area (Å²) in [6.45, 7) is 3.30. The maximum atomic E-state index is 15.0. The standard InChI is InChI=1S/C25H21ClF3N5O/c1-12-3-4-30-8-17(12)16-5-14-6-20(31-9-18(14)23(26)24(16)29)33-25(35)22-13(2)21(22)15-7-32-34(10-15)11-19(27)28/h3-10,13,19,21-22H,11H2,1-2H3,(H,31,33,35). The van der Waals surface area contributed by atoms with Gasteiger partial charge in [0, 0.05) is 53.1 Å². The monoisotopic (exact) mass is 499 g/mol. The quantitative estimate of drug-likeness (QED) is 0.361. The molecule has 35 heavy (non-hydrogen) atoms. The molecule has 3 heterocycles. The van der Waals surface area contributed by atoms with Crippen LogP contribution in [0.15, 0.2) is 49.2 Å². The Morgan fingerprint density at radius 2 is 2.03 bits per heavy atom. The SMILES string of the molecule is Cc1ccncc1-c1cc2cc(NC(=O)C3C(C)C3c3cnn(CC(F)F)c3)ncc2c(Cl)c1F. The zero-order valence-corrected chi connectivity index (χ0v) is 19.6. The molecule has 1 amide bonds. The first-order valence-corrected chi connectivity index (χ1v) is 11.4. The van der Waals surface area contributed by atoms with Gasteiger partial charge in [0.05, 0.1) is 11.2 Å². The number of hydrogen-bond donors (Lipinski definition) is 1. The molecule has 10 heteroatoms. The molecule has 0 radical (unpaired) electrons. The molecule has 3 unspecified atom stereocenters. The van der Waals surface area contributed by atoms with Gasteiger partial charge in [-0.2, -0.15) is 5.10 Å². The number of anilines is 1. The number of alkyl halides is 2. The van der Waals surface area contributed by atoms with E-state index in [1.54, 1.807) is 36.8 Å². The molecule has 0 aliphatic heterocycles. The van der Waals surface area contributed by atoms with Crippen LogP contribution < -0.4 is 5.32 Å². The number of pyridine rings is 2. The summed E-state index contributed by atoms with van der Waals surface area (Å²) >= 11 is 6.31. The number of rotatable bonds is 6. The molecule has 1 saturated carbocycles. The Hall–Kier alpha value is -3.46. The van der Waals surface area contributed by atoms with Crippen molar-refractivity contribution in [3.8, 4) is 11.1 Å². The normalized spacial score (nSPS) is 19.3. The van der Waals surface area contributed by atoms with Crippen LogP contribution in [0.4, 0.5) is 19.0 Å². The van der Waals surface area contributed by atoms with Crippen molar-refractivity contribution < 1.29 is 18.0 Å². The van der Waals surface area contributed by atoms with Crippen molar-refractivity contribution in [2.45, 2.75) is 32.7 Å². The van der Waals surface area contributed by atoms with E-state index >= 15 is 4.39 Å². The van der Waals surface area contributed by atoms with Gasteiger partial charge in [-0.15, -0.1) is 0 Å². The lowest BCUT2D eigenvalue weighted by Crippen LogP contribution is -2.16. The van der Waals surface area contributed by atoms with E-state index in [0.717, 1.165) is 11.1 Å². The fourth-order valence-electron chi connectivity index (χ4n) is 4.62. The summed E-state index contributed by atoms with van der Waals surface area (Å²) in [6, 6.07) is 5.10. The highest BCUT2D eigenvalue weighted by Gasteiger charge is 2.53. The van der Waals surface area contributed by atoms with E-state index in [-0.39, 0.29) is 28.7 Å². The Morgan fingerprint density at radius 3 is 2.77 bits per heavy atom. The van der Waals surface area contributed by atoms with Crippen molar-refractivity contribution in [3.05, 3.63) is 71.2 Å². The average Bonchev–Trinajstić information content (AvgIpc) is 3.28. The lowest BCUT2D eigenvalue weighted by atomic mass is 9.99. The molecule has 3 aromatic heterocycles. The van der Waals surface area contributed by atoms with E-state index in [1.165, 1.54) is 17.1 Å². The first-order chi connectivity index (χ1) is 16.7. The molecule has 1 aliphatic rings. The van der Waals surface area contributed by atoms with Gasteiger partial charge in [0.15, 0.2) is 0 Å². The third-order valence-electron chi connectivity index (χ3n) is 6.53. The summed E-state index contributed by atoms with van der Waals surface area (Å²) < 4.78 is 41.4. The number of aryl methyl sites for hydroxylation is 1. The predicted octanol–water partition coefficient (Wildman–Crippen LogP) is 5.85. The Morgan fingerprint density at radius 1 is 1.23 bits per heavy atom. The van der Waals surface area contributed by atoms with Crippen molar-refractivity contribution in [2.24, 2.45) is 11.8 Å². The minimum absolute atomic E-state index is 0.0309. The third kappa shape index (κ3) is 4.36. The molecule has 1 N–H and O–H groups in total. The molecule has 180 valence electrons. The summed E-state index contributed by atoms with van der Waals surface area (Å²) in [5, 5.41) is 7.78. The Bertz CT molecular complexity index is 1440. The highest BCUT2D eigenvalue weighted by Crippen LogP contribution is 2.54. The lowest BCUT2D eigenvalue weighted by molar-refractivity contribution is -0.117. The smallest absolute Gasteiger partial charge is 0.257 e. The number of hydrogen-bond acceptors (Lipinski definition) is 4. The number of carbonyl (C=O) groups excluding carboxylic acids is 1. The predicted molar refractivity (Wildman–Crippen MR) is 127 cm³/mol. The zero-order chi connectivity index (χ0) is 24.9. The van der Waals surface area contributed by atoms with E-state index in [4.69, 9.17) is 11.6 Å². The number of carbonyl (C=O) groups is 1. The van der Waals surface area contributed by atoms with Gasteiger partial charge in [0.25, 0.3) is 6.43 Å². The third-order valence-corrected chi connectivity index (χ3v) is 6.90. The molecule has 4 aromatic rings. The molecule has 1 aliphatic carbocycles. The molecule has 0 saturated heterocycles. The van der Waals surface area contributed by atoms with Gasteiger partial charge in [-0.1, -0.05) is 18.5 Å². The average molecular weight is 500 g/mol. The lowest BCUT2D eigenvalue weighted by Gasteiger charge is -2.12. The van der Waals surface area contributed by atoms with Gasteiger partial charge in [-0.05, 0) is 47.6 Å². The number of fused-ring (bicyclic) bond motifs is 1. The molecular weight excluding hydrogens is 479 g/mol. The van der Waals surface area contributed by atoms with Gasteiger partial charge in [0.2, 0.25) is 5.91 Å². The number of benzene rings is 1. The largest absolute Gasteiger partial charge is 0.310 e. The van der Waals surface area contributed by atoms with Crippen molar-refractivity contribution >= 4 is 34.1 Å². The molecule has 6 nitrogen and oxygen atoms in total. The Balaban J connectivity index is 1.39. The molecule has 5 rings (SSSR count). The van der Waals surface area contributed by atoms with Gasteiger partial charge >= 0.3 is 0 Å². The highest BCUT2D eigenvalue weighted by atomic mass is 35.5. The first-order valence-electron chi connectivity index (χ1n) is 11.0. The van der Waals surface area contributed by atoms with Crippen molar-refractivity contribution in [1.29, 1.82) is 0 Å². The van der Waals surface area contributed by atoms with E-state index < -0.39 is 18.8 Å². The molecule has 1 fully saturated rings.